The van der Waals surface area contributed by atoms with Crippen LogP contribution in [0.3, 0.4) is 0 Å². The molecular weight excluding hydrogens is 312 g/mol. The molecule has 1 aromatic heterocycles. The van der Waals surface area contributed by atoms with Crippen molar-refractivity contribution in [3.8, 4) is 5.75 Å². The number of ether oxygens (including phenoxy) is 1. The van der Waals surface area contributed by atoms with E-state index in [0.717, 1.165) is 10.7 Å². The number of aliphatic hydroxyl groups excluding tert-OH is 1. The predicted octanol–water partition coefficient (Wildman–Crippen LogP) is 2.67. The van der Waals surface area contributed by atoms with E-state index in [1.54, 1.807) is 30.6 Å². The van der Waals surface area contributed by atoms with E-state index < -0.39 is 6.10 Å². The van der Waals surface area contributed by atoms with Gasteiger partial charge < -0.3 is 15.2 Å². The van der Waals surface area contributed by atoms with Crippen molar-refractivity contribution in [1.29, 1.82) is 0 Å². The maximum Gasteiger partial charge on any atom is 0.226 e. The summed E-state index contributed by atoms with van der Waals surface area (Å²) in [6, 6.07) is 7.17. The Morgan fingerprint density at radius 2 is 2.22 bits per heavy atom. The number of carbonyl (C=O) groups excluding carboxylic acids is 1. The van der Waals surface area contributed by atoms with Crippen LogP contribution in [-0.2, 0) is 11.2 Å². The number of methoxy groups -OCH3 is 1. The van der Waals surface area contributed by atoms with Gasteiger partial charge in [0.2, 0.25) is 5.91 Å². The largest absolute Gasteiger partial charge is 0.497 e. The molecule has 0 saturated heterocycles. The van der Waals surface area contributed by atoms with Crippen molar-refractivity contribution in [2.75, 3.05) is 13.7 Å². The van der Waals surface area contributed by atoms with E-state index in [4.69, 9.17) is 4.74 Å². The van der Waals surface area contributed by atoms with Crippen molar-refractivity contribution in [3.63, 3.8) is 0 Å². The highest BCUT2D eigenvalue weighted by Gasteiger charge is 2.13. The van der Waals surface area contributed by atoms with Gasteiger partial charge in [-0.25, -0.2) is 4.98 Å². The van der Waals surface area contributed by atoms with E-state index in [1.807, 2.05) is 17.5 Å². The Hall–Kier alpha value is -1.92. The number of benzene rings is 1. The van der Waals surface area contributed by atoms with Gasteiger partial charge in [0.25, 0.3) is 0 Å². The summed E-state index contributed by atoms with van der Waals surface area (Å²) in [5.74, 6) is 0.899. The zero-order valence-corrected chi connectivity index (χ0v) is 14.4. The Morgan fingerprint density at radius 1 is 1.43 bits per heavy atom. The minimum atomic E-state index is -0.768. The normalized spacial score (nSPS) is 12.2. The summed E-state index contributed by atoms with van der Waals surface area (Å²) >= 11 is 1.57. The number of aliphatic hydroxyl groups is 1. The molecule has 2 aromatic rings. The van der Waals surface area contributed by atoms with Crippen LogP contribution in [-0.4, -0.2) is 29.7 Å². The number of hydrogen-bond acceptors (Lipinski definition) is 5. The molecule has 124 valence electrons. The van der Waals surface area contributed by atoms with E-state index in [-0.39, 0.29) is 18.9 Å². The zero-order chi connectivity index (χ0) is 16.8. The van der Waals surface area contributed by atoms with Gasteiger partial charge in [-0.2, -0.15) is 0 Å². The van der Waals surface area contributed by atoms with Gasteiger partial charge in [-0.15, -0.1) is 11.3 Å². The molecule has 0 saturated carbocycles. The Kier molecular flexibility index (Phi) is 6.12. The van der Waals surface area contributed by atoms with Gasteiger partial charge in [0.1, 0.15) is 5.75 Å². The summed E-state index contributed by atoms with van der Waals surface area (Å²) in [6.07, 6.45) is -0.538. The summed E-state index contributed by atoms with van der Waals surface area (Å²) < 4.78 is 5.13. The summed E-state index contributed by atoms with van der Waals surface area (Å²) in [5, 5.41) is 15.8. The highest BCUT2D eigenvalue weighted by Crippen LogP contribution is 2.20. The topological polar surface area (TPSA) is 71.5 Å². The van der Waals surface area contributed by atoms with E-state index in [0.29, 0.717) is 17.2 Å². The molecule has 2 rings (SSSR count). The number of carbonyl (C=O) groups is 1. The number of amides is 1. The van der Waals surface area contributed by atoms with E-state index in [1.165, 1.54) is 0 Å². The third-order valence-electron chi connectivity index (χ3n) is 3.38. The lowest BCUT2D eigenvalue weighted by atomic mass is 10.1. The Morgan fingerprint density at radius 3 is 2.87 bits per heavy atom. The second kappa shape index (κ2) is 8.08. The van der Waals surface area contributed by atoms with Crippen LogP contribution in [0.5, 0.6) is 5.75 Å². The molecular formula is C17H22N2O3S. The second-order valence-electron chi connectivity index (χ2n) is 5.61. The van der Waals surface area contributed by atoms with Gasteiger partial charge in [0, 0.05) is 17.8 Å². The quantitative estimate of drug-likeness (QED) is 0.816. The fourth-order valence-corrected chi connectivity index (χ4v) is 2.91. The fourth-order valence-electron chi connectivity index (χ4n) is 2.07. The molecule has 0 spiro atoms. The first-order valence-corrected chi connectivity index (χ1v) is 8.40. The van der Waals surface area contributed by atoms with Crippen molar-refractivity contribution in [2.45, 2.75) is 32.3 Å². The van der Waals surface area contributed by atoms with Gasteiger partial charge >= 0.3 is 0 Å². The number of hydrogen-bond donors (Lipinski definition) is 2. The first kappa shape index (κ1) is 17.4. The summed E-state index contributed by atoms with van der Waals surface area (Å²) in [6.45, 7) is 4.31. The van der Waals surface area contributed by atoms with Crippen molar-refractivity contribution in [3.05, 3.63) is 45.9 Å². The van der Waals surface area contributed by atoms with E-state index >= 15 is 0 Å². The molecule has 0 aliphatic rings. The van der Waals surface area contributed by atoms with Crippen molar-refractivity contribution < 1.29 is 14.6 Å². The molecule has 1 unspecified atom stereocenters. The Bertz CT molecular complexity index is 655. The van der Waals surface area contributed by atoms with Gasteiger partial charge in [-0.3, -0.25) is 4.79 Å². The Balaban J connectivity index is 1.85. The van der Waals surface area contributed by atoms with Crippen molar-refractivity contribution in [2.24, 2.45) is 0 Å². The van der Waals surface area contributed by atoms with E-state index in [9.17, 15) is 9.90 Å². The summed E-state index contributed by atoms with van der Waals surface area (Å²) in [5.41, 5.74) is 1.48. The highest BCUT2D eigenvalue weighted by molar-refractivity contribution is 7.09. The lowest BCUT2D eigenvalue weighted by molar-refractivity contribution is -0.120. The zero-order valence-electron chi connectivity index (χ0n) is 13.6. The van der Waals surface area contributed by atoms with Gasteiger partial charge in [-0.05, 0) is 17.7 Å². The Labute approximate surface area is 140 Å². The molecule has 1 atom stereocenters. The van der Waals surface area contributed by atoms with Crippen LogP contribution in [0.1, 0.15) is 42.1 Å². The SMILES string of the molecule is COc1cccc(C(O)CNC(=O)Cc2csc(C(C)C)n2)c1. The predicted molar refractivity (Wildman–Crippen MR) is 90.9 cm³/mol. The van der Waals surface area contributed by atoms with Crippen molar-refractivity contribution in [1.82, 2.24) is 10.3 Å². The van der Waals surface area contributed by atoms with Crippen LogP contribution in [0.15, 0.2) is 29.6 Å². The smallest absolute Gasteiger partial charge is 0.226 e. The average molecular weight is 334 g/mol. The molecule has 0 aliphatic carbocycles. The molecule has 0 fully saturated rings. The number of aromatic nitrogens is 1. The summed E-state index contributed by atoms with van der Waals surface area (Å²) in [4.78, 5) is 16.4. The maximum absolute atomic E-state index is 12.0. The molecule has 1 heterocycles. The molecule has 0 radical (unpaired) electrons. The number of thiazole rings is 1. The lowest BCUT2D eigenvalue weighted by Gasteiger charge is -2.13. The minimum Gasteiger partial charge on any atom is -0.497 e. The van der Waals surface area contributed by atoms with Crippen LogP contribution in [0.2, 0.25) is 0 Å². The first-order chi connectivity index (χ1) is 11.0. The monoisotopic (exact) mass is 334 g/mol. The van der Waals surface area contributed by atoms with Crippen molar-refractivity contribution >= 4 is 17.2 Å². The molecule has 23 heavy (non-hydrogen) atoms. The molecule has 2 N–H and O–H groups in total. The molecule has 1 amide bonds. The second-order valence-corrected chi connectivity index (χ2v) is 6.49. The number of rotatable bonds is 7. The number of nitrogens with zero attached hydrogens (tertiary/aromatic N) is 1. The van der Waals surface area contributed by atoms with Gasteiger partial charge in [0.05, 0.1) is 30.3 Å². The third-order valence-corrected chi connectivity index (χ3v) is 4.57. The summed E-state index contributed by atoms with van der Waals surface area (Å²) in [7, 11) is 1.58. The molecule has 1 aromatic carbocycles. The molecule has 6 heteroatoms. The fraction of sp³-hybridized carbons (Fsp3) is 0.412. The van der Waals surface area contributed by atoms with Crippen LogP contribution in [0.4, 0.5) is 0 Å². The molecule has 0 bridgehead atoms. The van der Waals surface area contributed by atoms with Crippen LogP contribution >= 0.6 is 11.3 Å². The van der Waals surface area contributed by atoms with Crippen LogP contribution in [0.25, 0.3) is 0 Å². The minimum absolute atomic E-state index is 0.146. The van der Waals surface area contributed by atoms with Crippen LogP contribution < -0.4 is 10.1 Å². The highest BCUT2D eigenvalue weighted by atomic mass is 32.1. The molecule has 0 aliphatic heterocycles. The van der Waals surface area contributed by atoms with E-state index in [2.05, 4.69) is 24.1 Å². The molecule has 5 nitrogen and oxygen atoms in total. The maximum atomic E-state index is 12.0. The third kappa shape index (κ3) is 5.04. The first-order valence-electron chi connectivity index (χ1n) is 7.52. The number of nitrogens with one attached hydrogen (secondary N) is 1. The standard InChI is InChI=1S/C17H22N2O3S/c1-11(2)17-19-13(10-23-17)8-16(21)18-9-15(20)12-5-4-6-14(7-12)22-3/h4-7,10-11,15,20H,8-9H2,1-3H3,(H,18,21). The van der Waals surface area contributed by atoms with Gasteiger partial charge in [0.15, 0.2) is 0 Å². The van der Waals surface area contributed by atoms with Crippen LogP contribution in [0, 0.1) is 0 Å². The van der Waals surface area contributed by atoms with Gasteiger partial charge in [-0.1, -0.05) is 26.0 Å². The lowest BCUT2D eigenvalue weighted by Crippen LogP contribution is -2.29. The average Bonchev–Trinajstić information content (AvgIpc) is 3.01.